The lowest BCUT2D eigenvalue weighted by molar-refractivity contribution is -0.181. The Hall–Kier alpha value is -7.54. The lowest BCUT2D eigenvalue weighted by Gasteiger charge is -2.59. The Morgan fingerprint density at radius 1 is 0.733 bits per heavy atom. The molecule has 24 heteroatoms. The molecule has 4 aromatic rings. The van der Waals surface area contributed by atoms with E-state index in [1.54, 1.807) is 22.1 Å². The minimum Gasteiger partial charge on any atom is -0.492 e. The zero-order chi connectivity index (χ0) is 63.9. The number of hydrogen-bond donors (Lipinski definition) is 4. The Bertz CT molecular complexity index is 3650. The first-order valence-electron chi connectivity index (χ1n) is 31.4. The number of aliphatic hydroxyl groups is 2. The molecule has 0 bridgehead atoms. The minimum absolute atomic E-state index is 0.0294. The van der Waals surface area contributed by atoms with Crippen molar-refractivity contribution < 1.29 is 76.2 Å². The third-order valence-corrected chi connectivity index (χ3v) is 20.6. The number of aromatic nitrogens is 2. The number of Topliss-reactive ketones (excluding diaryl/α,β-unsaturated/α-hetero) is 1. The molecule has 0 spiro atoms. The second-order valence-corrected chi connectivity index (χ2v) is 26.4. The van der Waals surface area contributed by atoms with E-state index in [0.717, 1.165) is 17.7 Å². The predicted molar refractivity (Wildman–Crippen MR) is 324 cm³/mol. The van der Waals surface area contributed by atoms with Crippen LogP contribution in [0.5, 0.6) is 11.5 Å². The fourth-order valence-corrected chi connectivity index (χ4v) is 15.9. The summed E-state index contributed by atoms with van der Waals surface area (Å²) < 4.78 is 70.2. The van der Waals surface area contributed by atoms with Gasteiger partial charge in [0.05, 0.1) is 55.0 Å². The number of halogens is 2. The van der Waals surface area contributed by atoms with Crippen LogP contribution in [0.4, 0.5) is 20.2 Å². The van der Waals surface area contributed by atoms with Crippen molar-refractivity contribution in [3.63, 3.8) is 0 Å². The van der Waals surface area contributed by atoms with Crippen molar-refractivity contribution >= 4 is 68.6 Å². The summed E-state index contributed by atoms with van der Waals surface area (Å²) in [4.78, 5) is 114. The standard InChI is InChI=1S/C66H78F2N6O16/c1-34-27-71(21-19-69-34)56-47(67)24-42-54(60(56)85-5)73(37-8-9-37)29-44(58(42)80)62(82)88-31-40(32-89-63(83)45-30-74(38-10-11-38)55-43(59(45)81)25-48(68)57(61(55)86-6)72-22-20-70-35(2)28-72)90-52(79)14-13-51(78)87-33-50(77)66(84)18-16-46-41-12-7-36-23-39(75)15-17-64(36,3)53(41)49(76)26-65(46,66)4/h15,17,23-25,29-30,34-35,37-38,40-41,46,49,53,69-70,76,84H,7-14,16,18-22,26-28,31-33H2,1-6H3/t34?,35?,40?,41-,46-,49-,53?,64-,65-,66-/m1/s1. The van der Waals surface area contributed by atoms with Gasteiger partial charge in [-0.25, -0.2) is 18.4 Å². The number of piperazine rings is 2. The van der Waals surface area contributed by atoms with Crippen LogP contribution >= 0.6 is 0 Å². The molecule has 90 heavy (non-hydrogen) atoms. The smallest absolute Gasteiger partial charge is 0.343 e. The number of nitrogens with zero attached hydrogens (tertiary/aromatic N) is 4. The molecule has 8 aliphatic rings. The quantitative estimate of drug-likeness (QED) is 0.0647. The second kappa shape index (κ2) is 24.3. The molecule has 4 heterocycles. The number of methoxy groups -OCH3 is 2. The lowest BCUT2D eigenvalue weighted by Crippen LogP contribution is -2.61. The molecule has 482 valence electrons. The normalized spacial score (nSPS) is 28.3. The minimum atomic E-state index is -1.96. The highest BCUT2D eigenvalue weighted by molar-refractivity contribution is 6.02. The first-order valence-corrected chi connectivity index (χ1v) is 31.4. The van der Waals surface area contributed by atoms with E-state index in [-0.39, 0.29) is 94.2 Å². The van der Waals surface area contributed by atoms with Gasteiger partial charge in [0.25, 0.3) is 0 Å². The number of rotatable bonds is 19. The molecule has 6 aliphatic carbocycles. The van der Waals surface area contributed by atoms with E-state index in [0.29, 0.717) is 95.2 Å². The number of anilines is 2. The summed E-state index contributed by atoms with van der Waals surface area (Å²) >= 11 is 0. The molecule has 7 fully saturated rings. The fraction of sp³-hybridized carbons (Fsp3) is 0.576. The molecule has 5 saturated carbocycles. The molecule has 9 atom stereocenters. The van der Waals surface area contributed by atoms with Gasteiger partial charge in [-0.1, -0.05) is 25.5 Å². The number of benzene rings is 2. The Kier molecular flexibility index (Phi) is 16.9. The van der Waals surface area contributed by atoms with Crippen LogP contribution in [-0.2, 0) is 38.1 Å². The molecule has 0 radical (unpaired) electrons. The molecule has 2 aliphatic heterocycles. The fourth-order valence-electron chi connectivity index (χ4n) is 15.9. The third-order valence-electron chi connectivity index (χ3n) is 20.6. The Morgan fingerprint density at radius 3 is 1.76 bits per heavy atom. The van der Waals surface area contributed by atoms with Crippen LogP contribution in [0.25, 0.3) is 21.8 Å². The Morgan fingerprint density at radius 2 is 1.26 bits per heavy atom. The van der Waals surface area contributed by atoms with Crippen molar-refractivity contribution in [3.05, 3.63) is 91.5 Å². The largest absolute Gasteiger partial charge is 0.492 e. The summed E-state index contributed by atoms with van der Waals surface area (Å²) in [6, 6.07) is 1.86. The average molecular weight is 1250 g/mol. The summed E-state index contributed by atoms with van der Waals surface area (Å²) in [7, 11) is 2.77. The number of hydrogen-bond acceptors (Lipinski definition) is 20. The molecule has 4 N–H and O–H groups in total. The Balaban J connectivity index is 0.764. The molecule has 2 aromatic carbocycles. The molecular weight excluding hydrogens is 1170 g/mol. The van der Waals surface area contributed by atoms with Gasteiger partial charge in [-0.05, 0) is 108 Å². The lowest BCUT2D eigenvalue weighted by atomic mass is 9.46. The van der Waals surface area contributed by atoms with E-state index in [1.807, 2.05) is 36.6 Å². The molecule has 3 unspecified atom stereocenters. The molecule has 12 rings (SSSR count). The number of aliphatic hydroxyl groups excluding tert-OH is 1. The zero-order valence-electron chi connectivity index (χ0n) is 51.5. The van der Waals surface area contributed by atoms with Crippen LogP contribution in [0, 0.1) is 40.2 Å². The Labute approximate surface area is 517 Å². The maximum absolute atomic E-state index is 16.3. The summed E-state index contributed by atoms with van der Waals surface area (Å²) in [6.07, 6.45) is 8.49. The van der Waals surface area contributed by atoms with Gasteiger partial charge in [-0.15, -0.1) is 0 Å². The highest BCUT2D eigenvalue weighted by atomic mass is 19.1. The van der Waals surface area contributed by atoms with E-state index >= 15 is 8.78 Å². The van der Waals surface area contributed by atoms with Crippen molar-refractivity contribution in [2.75, 3.05) is 83.1 Å². The summed E-state index contributed by atoms with van der Waals surface area (Å²) in [5, 5.41) is 30.4. The summed E-state index contributed by atoms with van der Waals surface area (Å²) in [5.41, 5.74) is -4.42. The summed E-state index contributed by atoms with van der Waals surface area (Å²) in [6.45, 7) is 8.22. The van der Waals surface area contributed by atoms with Crippen LogP contribution in [0.3, 0.4) is 0 Å². The first-order chi connectivity index (χ1) is 43.0. The number of carbonyl (C=O) groups is 6. The SMILES string of the molecule is COc1c(N2CCNC(C)C2)c(F)cc2c(=O)c(C(=O)OCC(COC(=O)c3cn(C4CC4)c4c(OC)c(N5CCNC(C)C5)c(F)cc4c3=O)OC(=O)CCC(=O)OCC(=O)[C@]3(O)CC[C@@H]4[C@H]5CCC6=CC(=O)C=C[C@@]6(C)C5[C@H](O)C[C@]43C)cn(C3CC3)c12. The van der Waals surface area contributed by atoms with Gasteiger partial charge in [-0.3, -0.25) is 28.8 Å². The number of ketones is 2. The molecule has 0 amide bonds. The van der Waals surface area contributed by atoms with E-state index in [1.165, 1.54) is 32.7 Å². The topological polar surface area (TPSA) is 273 Å². The van der Waals surface area contributed by atoms with E-state index in [2.05, 4.69) is 10.6 Å². The van der Waals surface area contributed by atoms with Crippen molar-refractivity contribution in [3.8, 4) is 11.5 Å². The van der Waals surface area contributed by atoms with Crippen molar-refractivity contribution in [2.24, 2.45) is 28.6 Å². The van der Waals surface area contributed by atoms with Gasteiger partial charge in [0.1, 0.15) is 41.3 Å². The van der Waals surface area contributed by atoms with Crippen molar-refractivity contribution in [1.82, 2.24) is 19.8 Å². The van der Waals surface area contributed by atoms with E-state index in [4.69, 9.17) is 28.4 Å². The number of esters is 4. The third kappa shape index (κ3) is 11.1. The maximum Gasteiger partial charge on any atom is 0.343 e. The van der Waals surface area contributed by atoms with Gasteiger partial charge in [0.2, 0.25) is 16.6 Å². The molecule has 2 saturated heterocycles. The average Bonchev–Trinajstić information content (AvgIpc) is 1.17. The maximum atomic E-state index is 16.3. The van der Waals surface area contributed by atoms with Gasteiger partial charge >= 0.3 is 23.9 Å². The van der Waals surface area contributed by atoms with Crippen molar-refractivity contribution in [1.29, 1.82) is 0 Å². The number of carbonyl (C=O) groups excluding carboxylic acids is 6. The van der Waals surface area contributed by atoms with Crippen LogP contribution in [0.2, 0.25) is 0 Å². The van der Waals surface area contributed by atoms with Gasteiger partial charge < -0.3 is 68.2 Å². The highest BCUT2D eigenvalue weighted by Crippen LogP contribution is 2.67. The van der Waals surface area contributed by atoms with E-state index in [9.17, 15) is 48.6 Å². The number of fused-ring (bicyclic) bond motifs is 7. The summed E-state index contributed by atoms with van der Waals surface area (Å²) in [5.74, 6) is -7.03. The molecule has 2 aromatic heterocycles. The van der Waals surface area contributed by atoms with Crippen LogP contribution in [-0.4, -0.2) is 158 Å². The number of ether oxygens (including phenoxy) is 6. The molecule has 22 nitrogen and oxygen atoms in total. The number of allylic oxidation sites excluding steroid dienone is 4. The van der Waals surface area contributed by atoms with Gasteiger partial charge in [0.15, 0.2) is 41.6 Å². The number of pyridine rings is 2. The second-order valence-electron chi connectivity index (χ2n) is 26.4. The van der Waals surface area contributed by atoms with Crippen LogP contribution in [0.1, 0.15) is 131 Å². The van der Waals surface area contributed by atoms with Crippen molar-refractivity contribution in [2.45, 2.75) is 140 Å². The first kappa shape index (κ1) is 62.6. The monoisotopic (exact) mass is 1250 g/mol. The van der Waals surface area contributed by atoms with Gasteiger partial charge in [-0.2, -0.15) is 0 Å². The highest BCUT2D eigenvalue weighted by Gasteiger charge is 2.68. The van der Waals surface area contributed by atoms with Gasteiger partial charge in [0, 0.05) is 92.6 Å². The zero-order valence-corrected chi connectivity index (χ0v) is 51.5. The number of nitrogens with one attached hydrogen (secondary N) is 2. The molecular formula is C66H78F2N6O16. The predicted octanol–water partition coefficient (Wildman–Crippen LogP) is 5.71. The van der Waals surface area contributed by atoms with E-state index < -0.39 is 125 Å². The van der Waals surface area contributed by atoms with Crippen LogP contribution in [0.15, 0.2) is 57.9 Å². The van der Waals surface area contributed by atoms with Crippen LogP contribution < -0.4 is 40.8 Å².